The summed E-state index contributed by atoms with van der Waals surface area (Å²) in [5.41, 5.74) is 7.21. The lowest BCUT2D eigenvalue weighted by atomic mass is 9.98. The molecule has 22 heavy (non-hydrogen) atoms. The van der Waals surface area contributed by atoms with Crippen LogP contribution >= 0.6 is 0 Å². The monoisotopic (exact) mass is 300 g/mol. The van der Waals surface area contributed by atoms with Crippen LogP contribution in [0.3, 0.4) is 0 Å². The van der Waals surface area contributed by atoms with Gasteiger partial charge in [-0.05, 0) is 44.9 Å². The molecule has 1 aromatic carbocycles. The van der Waals surface area contributed by atoms with E-state index >= 15 is 0 Å². The highest BCUT2D eigenvalue weighted by atomic mass is 16.5. The van der Waals surface area contributed by atoms with Crippen LogP contribution in [-0.4, -0.2) is 41.1 Å². The number of nitrogens with zero attached hydrogens (tertiary/aromatic N) is 2. The highest BCUT2D eigenvalue weighted by Gasteiger charge is 2.39. The maximum absolute atomic E-state index is 12.5. The number of nitrogens with one attached hydrogen (secondary N) is 1. The molecule has 2 aliphatic rings. The standard InChI is InChI=1S/C16H20N4O2/c1-20-11-3-4-12(20)8-10(7-11)18-16(21)15-13-5-2-9(17)6-14(13)22-19-15/h2,5-6,10-12H,3-4,7-8,17H2,1H3,(H,18,21)/t10?,11-,12+. The molecule has 0 radical (unpaired) electrons. The minimum atomic E-state index is -0.155. The van der Waals surface area contributed by atoms with Gasteiger partial charge in [-0.2, -0.15) is 0 Å². The topological polar surface area (TPSA) is 84.4 Å². The van der Waals surface area contributed by atoms with Crippen LogP contribution in [0.1, 0.15) is 36.2 Å². The number of benzene rings is 1. The summed E-state index contributed by atoms with van der Waals surface area (Å²) in [6.07, 6.45) is 4.50. The Morgan fingerprint density at radius 1 is 1.36 bits per heavy atom. The number of fused-ring (bicyclic) bond motifs is 3. The Kier molecular flexibility index (Phi) is 3.07. The molecule has 2 aromatic rings. The van der Waals surface area contributed by atoms with Crippen LogP contribution in [0, 0.1) is 0 Å². The number of rotatable bonds is 2. The molecule has 2 saturated heterocycles. The van der Waals surface area contributed by atoms with Gasteiger partial charge in [0.2, 0.25) is 0 Å². The molecule has 116 valence electrons. The van der Waals surface area contributed by atoms with Crippen LogP contribution in [0.25, 0.3) is 11.0 Å². The molecule has 1 unspecified atom stereocenters. The van der Waals surface area contributed by atoms with Gasteiger partial charge < -0.3 is 20.5 Å². The van der Waals surface area contributed by atoms with Crippen LogP contribution in [0.15, 0.2) is 22.7 Å². The summed E-state index contributed by atoms with van der Waals surface area (Å²) in [6.45, 7) is 0. The van der Waals surface area contributed by atoms with Gasteiger partial charge in [0.15, 0.2) is 11.3 Å². The van der Waals surface area contributed by atoms with Crippen LogP contribution in [-0.2, 0) is 0 Å². The Bertz CT molecular complexity index is 712. The molecule has 3 atom stereocenters. The number of anilines is 1. The first-order valence-electron chi connectivity index (χ1n) is 7.79. The van der Waals surface area contributed by atoms with Gasteiger partial charge in [0.05, 0.1) is 5.39 Å². The number of piperidine rings is 1. The third-order valence-electron chi connectivity index (χ3n) is 5.14. The molecule has 2 bridgehead atoms. The quantitative estimate of drug-likeness (QED) is 0.826. The van der Waals surface area contributed by atoms with Crippen molar-refractivity contribution < 1.29 is 9.32 Å². The van der Waals surface area contributed by atoms with Crippen molar-refractivity contribution in [2.75, 3.05) is 12.8 Å². The van der Waals surface area contributed by atoms with Crippen molar-refractivity contribution in [1.29, 1.82) is 0 Å². The number of carbonyl (C=O) groups is 1. The number of nitrogens with two attached hydrogens (primary N) is 1. The lowest BCUT2D eigenvalue weighted by molar-refractivity contribution is 0.0875. The molecule has 3 N–H and O–H groups in total. The second-order valence-electron chi connectivity index (χ2n) is 6.48. The van der Waals surface area contributed by atoms with Crippen LogP contribution in [0.4, 0.5) is 5.69 Å². The summed E-state index contributed by atoms with van der Waals surface area (Å²) >= 11 is 0. The number of carbonyl (C=O) groups excluding carboxylic acids is 1. The average Bonchev–Trinajstić information content (AvgIpc) is 2.97. The molecule has 6 heteroatoms. The summed E-state index contributed by atoms with van der Waals surface area (Å²) in [5.74, 6) is -0.155. The first kappa shape index (κ1) is 13.6. The smallest absolute Gasteiger partial charge is 0.274 e. The van der Waals surface area contributed by atoms with E-state index in [9.17, 15) is 4.79 Å². The van der Waals surface area contributed by atoms with Crippen molar-refractivity contribution in [1.82, 2.24) is 15.4 Å². The Balaban J connectivity index is 1.52. The minimum absolute atomic E-state index is 0.155. The first-order chi connectivity index (χ1) is 10.6. The van der Waals surface area contributed by atoms with Gasteiger partial charge >= 0.3 is 0 Å². The van der Waals surface area contributed by atoms with E-state index < -0.39 is 0 Å². The summed E-state index contributed by atoms with van der Waals surface area (Å²) in [6, 6.07) is 6.65. The predicted molar refractivity (Wildman–Crippen MR) is 83.5 cm³/mol. The molecule has 2 aliphatic heterocycles. The molecule has 2 fully saturated rings. The summed E-state index contributed by atoms with van der Waals surface area (Å²) in [7, 11) is 2.19. The second-order valence-corrected chi connectivity index (χ2v) is 6.48. The molecule has 1 amide bonds. The van der Waals surface area contributed by atoms with E-state index in [1.54, 1.807) is 18.2 Å². The van der Waals surface area contributed by atoms with Gasteiger partial charge in [-0.15, -0.1) is 0 Å². The van der Waals surface area contributed by atoms with E-state index in [1.165, 1.54) is 12.8 Å². The zero-order valence-corrected chi connectivity index (χ0v) is 12.6. The third-order valence-corrected chi connectivity index (χ3v) is 5.14. The Labute approximate surface area is 128 Å². The first-order valence-corrected chi connectivity index (χ1v) is 7.79. The van der Waals surface area contributed by atoms with Crippen LogP contribution in [0.5, 0.6) is 0 Å². The number of amides is 1. The molecule has 0 spiro atoms. The Morgan fingerprint density at radius 3 is 2.82 bits per heavy atom. The Morgan fingerprint density at radius 2 is 2.09 bits per heavy atom. The van der Waals surface area contributed by atoms with Gasteiger partial charge in [0.25, 0.3) is 5.91 Å². The van der Waals surface area contributed by atoms with Crippen LogP contribution < -0.4 is 11.1 Å². The highest BCUT2D eigenvalue weighted by molar-refractivity contribution is 6.04. The van der Waals surface area contributed by atoms with Crippen molar-refractivity contribution in [3.63, 3.8) is 0 Å². The van der Waals surface area contributed by atoms with Gasteiger partial charge in [0.1, 0.15) is 0 Å². The Hall–Kier alpha value is -2.08. The van der Waals surface area contributed by atoms with Gasteiger partial charge in [-0.1, -0.05) is 5.16 Å². The normalized spacial score (nSPS) is 28.1. The molecular weight excluding hydrogens is 280 g/mol. The van der Waals surface area contributed by atoms with Gasteiger partial charge in [-0.3, -0.25) is 4.79 Å². The summed E-state index contributed by atoms with van der Waals surface area (Å²) in [4.78, 5) is 15.0. The minimum Gasteiger partial charge on any atom is -0.399 e. The van der Waals surface area contributed by atoms with Crippen molar-refractivity contribution in [3.8, 4) is 0 Å². The summed E-state index contributed by atoms with van der Waals surface area (Å²) < 4.78 is 5.21. The maximum Gasteiger partial charge on any atom is 0.274 e. The molecule has 6 nitrogen and oxygen atoms in total. The highest BCUT2D eigenvalue weighted by Crippen LogP contribution is 2.34. The maximum atomic E-state index is 12.5. The number of aromatic nitrogens is 1. The van der Waals surface area contributed by atoms with Crippen molar-refractivity contribution in [2.45, 2.75) is 43.8 Å². The van der Waals surface area contributed by atoms with Gasteiger partial charge in [0, 0.05) is 29.9 Å². The van der Waals surface area contributed by atoms with E-state index in [2.05, 4.69) is 22.4 Å². The number of nitrogen functional groups attached to an aromatic ring is 1. The zero-order chi connectivity index (χ0) is 15.3. The van der Waals surface area contributed by atoms with Crippen molar-refractivity contribution >= 4 is 22.6 Å². The fourth-order valence-electron chi connectivity index (χ4n) is 3.90. The van der Waals surface area contributed by atoms with E-state index in [-0.39, 0.29) is 11.9 Å². The van der Waals surface area contributed by atoms with Crippen molar-refractivity contribution in [3.05, 3.63) is 23.9 Å². The summed E-state index contributed by atoms with van der Waals surface area (Å²) in [5, 5.41) is 7.76. The lowest BCUT2D eigenvalue weighted by Gasteiger charge is -2.36. The largest absolute Gasteiger partial charge is 0.399 e. The van der Waals surface area contributed by atoms with Crippen LogP contribution in [0.2, 0.25) is 0 Å². The predicted octanol–water partition coefficient (Wildman–Crippen LogP) is 1.76. The van der Waals surface area contributed by atoms with Gasteiger partial charge in [-0.25, -0.2) is 0 Å². The molecule has 0 aliphatic carbocycles. The zero-order valence-electron chi connectivity index (χ0n) is 12.6. The van der Waals surface area contributed by atoms with E-state index in [1.807, 2.05) is 0 Å². The third kappa shape index (κ3) is 2.14. The molecule has 3 heterocycles. The van der Waals surface area contributed by atoms with E-state index in [0.717, 1.165) is 12.8 Å². The van der Waals surface area contributed by atoms with Crippen molar-refractivity contribution in [2.24, 2.45) is 0 Å². The fourth-order valence-corrected chi connectivity index (χ4v) is 3.90. The molecule has 0 saturated carbocycles. The molecular formula is C16H20N4O2. The lowest BCUT2D eigenvalue weighted by Crippen LogP contribution is -2.48. The van der Waals surface area contributed by atoms with E-state index in [0.29, 0.717) is 34.4 Å². The molecule has 4 rings (SSSR count). The number of hydrogen-bond acceptors (Lipinski definition) is 5. The SMILES string of the molecule is CN1[C@@H]2CC[C@H]1CC(NC(=O)c1noc3cc(N)ccc13)C2. The van der Waals surface area contributed by atoms with E-state index in [4.69, 9.17) is 10.3 Å². The number of hydrogen-bond donors (Lipinski definition) is 2. The molecule has 1 aromatic heterocycles. The second kappa shape index (κ2) is 4.98. The average molecular weight is 300 g/mol. The fraction of sp³-hybridized carbons (Fsp3) is 0.500.